The van der Waals surface area contributed by atoms with E-state index in [-0.39, 0.29) is 29.9 Å². The van der Waals surface area contributed by atoms with Crippen LogP contribution in [0.1, 0.15) is 89.0 Å². The second-order valence-corrected chi connectivity index (χ2v) is 11.5. The van der Waals surface area contributed by atoms with Gasteiger partial charge in [0, 0.05) is 24.4 Å². The van der Waals surface area contributed by atoms with Crippen molar-refractivity contribution < 1.29 is 19.1 Å². The minimum Gasteiger partial charge on any atom is -0.474 e. The van der Waals surface area contributed by atoms with E-state index in [0.717, 1.165) is 55.2 Å². The zero-order chi connectivity index (χ0) is 23.8. The van der Waals surface area contributed by atoms with Gasteiger partial charge in [0.1, 0.15) is 28.6 Å². The van der Waals surface area contributed by atoms with Crippen LogP contribution in [0.15, 0.2) is 6.33 Å². The summed E-state index contributed by atoms with van der Waals surface area (Å²) in [5.74, 6) is 1.10. The summed E-state index contributed by atoms with van der Waals surface area (Å²) in [6, 6.07) is 0.152. The number of fused-ring (bicyclic) bond motifs is 3. The first-order chi connectivity index (χ1) is 15.6. The van der Waals surface area contributed by atoms with Crippen LogP contribution in [-0.2, 0) is 16.0 Å². The van der Waals surface area contributed by atoms with Gasteiger partial charge in [0.25, 0.3) is 0 Å². The van der Waals surface area contributed by atoms with Gasteiger partial charge in [-0.1, -0.05) is 0 Å². The Morgan fingerprint density at radius 2 is 1.88 bits per heavy atom. The first kappa shape index (κ1) is 23.9. The summed E-state index contributed by atoms with van der Waals surface area (Å²) >= 11 is 1.72. The van der Waals surface area contributed by atoms with E-state index in [1.165, 1.54) is 10.4 Å². The highest BCUT2D eigenvalue weighted by molar-refractivity contribution is 7.18. The Balaban J connectivity index is 1.47. The van der Waals surface area contributed by atoms with Crippen molar-refractivity contribution in [2.24, 2.45) is 0 Å². The van der Waals surface area contributed by atoms with Crippen LogP contribution in [0.2, 0.25) is 0 Å². The Labute approximate surface area is 199 Å². The van der Waals surface area contributed by atoms with Gasteiger partial charge in [0.2, 0.25) is 5.88 Å². The SMILES string of the molecule is CC(=O)C[C@H]1CCCc2sc3ncnc(OC4CCC(N(C)C(=O)OC(C)(C)C)CC4)c3c21. The Morgan fingerprint density at radius 3 is 2.55 bits per heavy atom. The third-order valence-electron chi connectivity index (χ3n) is 6.62. The van der Waals surface area contributed by atoms with Gasteiger partial charge in [-0.25, -0.2) is 14.8 Å². The molecule has 2 aromatic heterocycles. The molecule has 4 rings (SSSR count). The molecule has 0 aliphatic heterocycles. The van der Waals surface area contributed by atoms with Gasteiger partial charge < -0.3 is 19.2 Å². The van der Waals surface area contributed by atoms with Crippen molar-refractivity contribution in [1.29, 1.82) is 0 Å². The smallest absolute Gasteiger partial charge is 0.410 e. The van der Waals surface area contributed by atoms with Gasteiger partial charge in [-0.05, 0) is 84.1 Å². The summed E-state index contributed by atoms with van der Waals surface area (Å²) in [5.41, 5.74) is 0.745. The number of aromatic nitrogens is 2. The van der Waals surface area contributed by atoms with Crippen LogP contribution in [-0.4, -0.2) is 51.5 Å². The van der Waals surface area contributed by atoms with E-state index in [0.29, 0.717) is 12.3 Å². The molecule has 180 valence electrons. The van der Waals surface area contributed by atoms with E-state index >= 15 is 0 Å². The molecule has 0 N–H and O–H groups in total. The highest BCUT2D eigenvalue weighted by atomic mass is 32.1. The summed E-state index contributed by atoms with van der Waals surface area (Å²) in [6.45, 7) is 7.33. The molecule has 0 unspecified atom stereocenters. The van der Waals surface area contributed by atoms with Crippen LogP contribution in [0.25, 0.3) is 10.2 Å². The van der Waals surface area contributed by atoms with E-state index in [4.69, 9.17) is 9.47 Å². The highest BCUT2D eigenvalue weighted by Gasteiger charge is 2.32. The van der Waals surface area contributed by atoms with Gasteiger partial charge in [-0.15, -0.1) is 11.3 Å². The molecule has 0 radical (unpaired) electrons. The van der Waals surface area contributed by atoms with E-state index in [1.807, 2.05) is 27.8 Å². The number of rotatable bonds is 5. The number of hydrogen-bond donors (Lipinski definition) is 0. The normalized spacial score (nSPS) is 23.1. The standard InChI is InChI=1S/C25H35N3O4S/c1-15(29)13-16-7-6-8-19-20(16)21-22(26-14-27-23(21)33-19)31-18-11-9-17(10-12-18)28(5)24(30)32-25(2,3)4/h14,16-18H,6-13H2,1-5H3/t16-,17?,18?/m1/s1. The summed E-state index contributed by atoms with van der Waals surface area (Å²) in [6.07, 6.45) is 8.53. The number of Topliss-reactive ketones (excluding diaryl/α,β-unsaturated/α-hetero) is 1. The Morgan fingerprint density at radius 1 is 1.15 bits per heavy atom. The Kier molecular flexibility index (Phi) is 6.93. The van der Waals surface area contributed by atoms with E-state index in [1.54, 1.807) is 29.5 Å². The molecule has 1 fully saturated rings. The molecule has 2 aliphatic rings. The molecule has 33 heavy (non-hydrogen) atoms. The van der Waals surface area contributed by atoms with Gasteiger partial charge >= 0.3 is 6.09 Å². The molecule has 2 aromatic rings. The van der Waals surface area contributed by atoms with Crippen molar-refractivity contribution in [3.63, 3.8) is 0 Å². The molecule has 0 aromatic carbocycles. The lowest BCUT2D eigenvalue weighted by atomic mass is 9.83. The van der Waals surface area contributed by atoms with Crippen LogP contribution >= 0.6 is 11.3 Å². The quantitative estimate of drug-likeness (QED) is 0.558. The number of thiophene rings is 1. The average molecular weight is 474 g/mol. The monoisotopic (exact) mass is 473 g/mol. The third kappa shape index (κ3) is 5.48. The van der Waals surface area contributed by atoms with Crippen molar-refractivity contribution in [2.45, 2.75) is 103 Å². The van der Waals surface area contributed by atoms with Gasteiger partial charge in [-0.2, -0.15) is 0 Å². The van der Waals surface area contributed by atoms with Crippen LogP contribution in [0, 0.1) is 0 Å². The Bertz CT molecular complexity index is 1020. The number of aryl methyl sites for hydroxylation is 1. The van der Waals surface area contributed by atoms with Crippen molar-refractivity contribution in [3.8, 4) is 5.88 Å². The average Bonchev–Trinajstić information content (AvgIpc) is 3.13. The zero-order valence-electron chi connectivity index (χ0n) is 20.3. The second-order valence-electron chi connectivity index (χ2n) is 10.4. The topological polar surface area (TPSA) is 81.6 Å². The summed E-state index contributed by atoms with van der Waals surface area (Å²) < 4.78 is 12.0. The predicted molar refractivity (Wildman–Crippen MR) is 129 cm³/mol. The lowest BCUT2D eigenvalue weighted by molar-refractivity contribution is -0.117. The van der Waals surface area contributed by atoms with E-state index in [9.17, 15) is 9.59 Å². The molecule has 2 heterocycles. The summed E-state index contributed by atoms with van der Waals surface area (Å²) in [5, 5.41) is 1.01. The van der Waals surface area contributed by atoms with Crippen molar-refractivity contribution in [3.05, 3.63) is 16.8 Å². The minimum absolute atomic E-state index is 0.0526. The number of nitrogens with zero attached hydrogens (tertiary/aromatic N) is 3. The number of hydrogen-bond acceptors (Lipinski definition) is 7. The molecule has 0 bridgehead atoms. The number of ketones is 1. The van der Waals surface area contributed by atoms with Crippen LogP contribution in [0.5, 0.6) is 5.88 Å². The van der Waals surface area contributed by atoms with Crippen molar-refractivity contribution >= 4 is 33.4 Å². The summed E-state index contributed by atoms with van der Waals surface area (Å²) in [4.78, 5) is 37.4. The predicted octanol–water partition coefficient (Wildman–Crippen LogP) is 5.65. The molecule has 1 amide bonds. The fourth-order valence-electron chi connectivity index (χ4n) is 5.08. The molecular formula is C25H35N3O4S. The number of amides is 1. The summed E-state index contributed by atoms with van der Waals surface area (Å²) in [7, 11) is 1.82. The molecule has 2 aliphatic carbocycles. The molecular weight excluding hydrogens is 438 g/mol. The van der Waals surface area contributed by atoms with Crippen molar-refractivity contribution in [2.75, 3.05) is 7.05 Å². The maximum atomic E-state index is 12.4. The van der Waals surface area contributed by atoms with Crippen LogP contribution in [0.4, 0.5) is 4.79 Å². The maximum absolute atomic E-state index is 12.4. The van der Waals surface area contributed by atoms with Crippen LogP contribution < -0.4 is 4.74 Å². The number of ether oxygens (including phenoxy) is 2. The minimum atomic E-state index is -0.496. The van der Waals surface area contributed by atoms with E-state index < -0.39 is 5.60 Å². The van der Waals surface area contributed by atoms with Crippen molar-refractivity contribution in [1.82, 2.24) is 14.9 Å². The fourth-order valence-corrected chi connectivity index (χ4v) is 6.33. The molecule has 7 nitrogen and oxygen atoms in total. The first-order valence-corrected chi connectivity index (χ1v) is 12.8. The first-order valence-electron chi connectivity index (χ1n) is 12.0. The maximum Gasteiger partial charge on any atom is 0.410 e. The van der Waals surface area contributed by atoms with Gasteiger partial charge in [0.15, 0.2) is 0 Å². The number of carbonyl (C=O) groups is 2. The largest absolute Gasteiger partial charge is 0.474 e. The van der Waals surface area contributed by atoms with E-state index in [2.05, 4.69) is 9.97 Å². The van der Waals surface area contributed by atoms with Gasteiger partial charge in [0.05, 0.1) is 5.39 Å². The Hall–Kier alpha value is -2.22. The number of carbonyl (C=O) groups excluding carboxylic acids is 2. The molecule has 8 heteroatoms. The van der Waals surface area contributed by atoms with Crippen LogP contribution in [0.3, 0.4) is 0 Å². The molecule has 1 atom stereocenters. The lowest BCUT2D eigenvalue weighted by Gasteiger charge is -2.35. The zero-order valence-corrected chi connectivity index (χ0v) is 21.2. The molecule has 1 saturated carbocycles. The third-order valence-corrected chi connectivity index (χ3v) is 7.79. The van der Waals surface area contributed by atoms with Gasteiger partial charge in [-0.3, -0.25) is 0 Å². The molecule has 0 saturated heterocycles. The fraction of sp³-hybridized carbons (Fsp3) is 0.680. The molecule has 0 spiro atoms. The lowest BCUT2D eigenvalue weighted by Crippen LogP contribution is -2.43. The highest BCUT2D eigenvalue weighted by Crippen LogP contribution is 2.46. The second kappa shape index (κ2) is 9.57.